The molecule has 0 bridgehead atoms. The molecule has 0 N–H and O–H groups in total. The third-order valence-electron chi connectivity index (χ3n) is 9.11. The van der Waals surface area contributed by atoms with Gasteiger partial charge in [-0.15, -0.1) is 0 Å². The number of carbonyl (C=O) groups excluding carboxylic acids is 3. The molecule has 3 fully saturated rings. The lowest BCUT2D eigenvalue weighted by Gasteiger charge is -2.58. The molecule has 5 heteroatoms. The van der Waals surface area contributed by atoms with Crippen molar-refractivity contribution in [1.29, 1.82) is 0 Å². The molecule has 0 aliphatic heterocycles. The van der Waals surface area contributed by atoms with E-state index in [0.29, 0.717) is 24.5 Å². The largest absolute Gasteiger partial charge is 0.462 e. The first kappa shape index (κ1) is 22.5. The smallest absolute Gasteiger partial charge is 0.306 e. The van der Waals surface area contributed by atoms with Crippen molar-refractivity contribution >= 4 is 17.7 Å². The summed E-state index contributed by atoms with van der Waals surface area (Å²) in [6.45, 7) is 8.05. The summed E-state index contributed by atoms with van der Waals surface area (Å²) in [5, 5.41) is 0. The Morgan fingerprint density at radius 2 is 1.77 bits per heavy atom. The Bertz CT molecular complexity index is 785. The topological polar surface area (TPSA) is 69.7 Å². The Hall–Kier alpha value is -1.65. The van der Waals surface area contributed by atoms with E-state index in [0.717, 1.165) is 51.4 Å². The molecule has 0 saturated heterocycles. The summed E-state index contributed by atoms with van der Waals surface area (Å²) in [5.74, 6) is 0.918. The maximum atomic E-state index is 12.8. The third-order valence-corrected chi connectivity index (χ3v) is 9.11. The molecule has 4 rings (SSSR count). The molecule has 0 amide bonds. The van der Waals surface area contributed by atoms with Crippen LogP contribution in [-0.2, 0) is 23.9 Å². The summed E-state index contributed by atoms with van der Waals surface area (Å²) in [7, 11) is 0. The van der Waals surface area contributed by atoms with Crippen molar-refractivity contribution in [2.24, 2.45) is 28.6 Å². The van der Waals surface area contributed by atoms with Crippen molar-refractivity contribution < 1.29 is 23.9 Å². The molecule has 4 aliphatic rings. The lowest BCUT2D eigenvalue weighted by atomic mass is 9.47. The average molecular weight is 431 g/mol. The fourth-order valence-corrected chi connectivity index (χ4v) is 7.34. The number of esters is 2. The third kappa shape index (κ3) is 3.87. The predicted octanol–water partition coefficient (Wildman–Crippen LogP) is 5.16. The molecule has 0 aromatic rings. The minimum atomic E-state index is -0.274. The Morgan fingerprint density at radius 1 is 1.06 bits per heavy atom. The quantitative estimate of drug-likeness (QED) is 0.445. The monoisotopic (exact) mass is 430 g/mol. The van der Waals surface area contributed by atoms with Gasteiger partial charge in [-0.3, -0.25) is 14.4 Å². The number of hydrogen-bond donors (Lipinski definition) is 0. The van der Waals surface area contributed by atoms with E-state index in [1.807, 2.05) is 0 Å². The van der Waals surface area contributed by atoms with Gasteiger partial charge in [0.1, 0.15) is 18.0 Å². The van der Waals surface area contributed by atoms with E-state index in [-0.39, 0.29) is 46.8 Å². The summed E-state index contributed by atoms with van der Waals surface area (Å²) >= 11 is 0. The van der Waals surface area contributed by atoms with E-state index in [9.17, 15) is 14.4 Å². The number of rotatable bonds is 5. The molecule has 7 atom stereocenters. The summed E-state index contributed by atoms with van der Waals surface area (Å²) in [6.07, 6.45) is 10.1. The maximum Gasteiger partial charge on any atom is 0.306 e. The van der Waals surface area contributed by atoms with E-state index < -0.39 is 0 Å². The summed E-state index contributed by atoms with van der Waals surface area (Å²) in [6, 6.07) is 0. The number of ether oxygens (including phenoxy) is 2. The van der Waals surface area contributed by atoms with Crippen LogP contribution in [0.3, 0.4) is 0 Å². The van der Waals surface area contributed by atoms with Crippen LogP contribution in [0.25, 0.3) is 0 Å². The predicted molar refractivity (Wildman–Crippen MR) is 117 cm³/mol. The second kappa shape index (κ2) is 8.37. The fourth-order valence-electron chi connectivity index (χ4n) is 7.34. The highest BCUT2D eigenvalue weighted by Crippen LogP contribution is 2.64. The van der Waals surface area contributed by atoms with E-state index in [1.165, 1.54) is 12.5 Å². The van der Waals surface area contributed by atoms with Crippen LogP contribution in [0.5, 0.6) is 0 Å². The molecule has 0 radical (unpaired) electrons. The van der Waals surface area contributed by atoms with Gasteiger partial charge in [-0.1, -0.05) is 32.8 Å². The highest BCUT2D eigenvalue weighted by Gasteiger charge is 2.61. The van der Waals surface area contributed by atoms with Crippen molar-refractivity contribution in [3.05, 3.63) is 11.6 Å². The Labute approximate surface area is 186 Å². The van der Waals surface area contributed by atoms with Crippen LogP contribution in [0.15, 0.2) is 11.6 Å². The van der Waals surface area contributed by atoms with E-state index >= 15 is 0 Å². The Morgan fingerprint density at radius 3 is 2.48 bits per heavy atom. The number of carbonyl (C=O) groups is 3. The van der Waals surface area contributed by atoms with Crippen LogP contribution in [0.2, 0.25) is 0 Å². The molecule has 5 nitrogen and oxygen atoms in total. The van der Waals surface area contributed by atoms with Gasteiger partial charge in [0.25, 0.3) is 0 Å². The molecule has 0 spiro atoms. The molecule has 0 aromatic heterocycles. The zero-order valence-corrected chi connectivity index (χ0v) is 19.6. The number of fused-ring (bicyclic) bond motifs is 5. The van der Waals surface area contributed by atoms with Crippen LogP contribution in [0.1, 0.15) is 91.9 Å². The summed E-state index contributed by atoms with van der Waals surface area (Å²) < 4.78 is 11.7. The minimum Gasteiger partial charge on any atom is -0.462 e. The second-order valence-electron chi connectivity index (χ2n) is 10.8. The van der Waals surface area contributed by atoms with Crippen molar-refractivity contribution in [2.45, 2.75) is 104 Å². The molecule has 31 heavy (non-hydrogen) atoms. The number of hydrogen-bond acceptors (Lipinski definition) is 5. The highest BCUT2D eigenvalue weighted by atomic mass is 16.5. The van der Waals surface area contributed by atoms with Crippen LogP contribution in [-0.4, -0.2) is 29.9 Å². The van der Waals surface area contributed by atoms with Crippen molar-refractivity contribution in [2.75, 3.05) is 0 Å². The normalized spacial score (nSPS) is 41.5. The zero-order chi connectivity index (χ0) is 22.4. The van der Waals surface area contributed by atoms with Crippen LogP contribution >= 0.6 is 0 Å². The molecular formula is C26H38O5. The SMILES string of the molecule is CCCCC(=O)O[C@@H]1C=C2C[C@@H](OC(C)=O)CC[C@]2(C)C2CC[C@]3(C)C(=O)CCC3C21. The molecule has 0 heterocycles. The molecule has 4 aliphatic carbocycles. The van der Waals surface area contributed by atoms with Gasteiger partial charge in [-0.2, -0.15) is 0 Å². The number of ketones is 1. The molecule has 3 saturated carbocycles. The number of unbranched alkanes of at least 4 members (excludes halogenated alkanes) is 1. The lowest BCUT2D eigenvalue weighted by molar-refractivity contribution is -0.161. The highest BCUT2D eigenvalue weighted by molar-refractivity contribution is 5.87. The van der Waals surface area contributed by atoms with Crippen LogP contribution in [0.4, 0.5) is 0 Å². The average Bonchev–Trinajstić information content (AvgIpc) is 3.02. The van der Waals surface area contributed by atoms with Crippen molar-refractivity contribution in [1.82, 2.24) is 0 Å². The first-order valence-electron chi connectivity index (χ1n) is 12.3. The van der Waals surface area contributed by atoms with E-state index in [2.05, 4.69) is 26.8 Å². The molecular weight excluding hydrogens is 392 g/mol. The minimum absolute atomic E-state index is 0.0284. The van der Waals surface area contributed by atoms with E-state index in [1.54, 1.807) is 0 Å². The van der Waals surface area contributed by atoms with Gasteiger partial charge in [0, 0.05) is 37.5 Å². The van der Waals surface area contributed by atoms with Gasteiger partial charge < -0.3 is 9.47 Å². The molecule has 0 aromatic carbocycles. The summed E-state index contributed by atoms with van der Waals surface area (Å²) in [5.41, 5.74) is 1.04. The van der Waals surface area contributed by atoms with Gasteiger partial charge in [-0.05, 0) is 61.9 Å². The van der Waals surface area contributed by atoms with E-state index in [4.69, 9.17) is 9.47 Å². The van der Waals surface area contributed by atoms with Gasteiger partial charge in [0.15, 0.2) is 0 Å². The van der Waals surface area contributed by atoms with Gasteiger partial charge in [-0.25, -0.2) is 0 Å². The lowest BCUT2D eigenvalue weighted by Crippen LogP contribution is -2.55. The first-order valence-corrected chi connectivity index (χ1v) is 12.3. The van der Waals surface area contributed by atoms with Crippen molar-refractivity contribution in [3.63, 3.8) is 0 Å². The second-order valence-corrected chi connectivity index (χ2v) is 10.8. The zero-order valence-electron chi connectivity index (χ0n) is 19.6. The van der Waals surface area contributed by atoms with Crippen LogP contribution < -0.4 is 0 Å². The number of Topliss-reactive ketones (excluding diaryl/α,β-unsaturated/α-hetero) is 1. The molecule has 172 valence electrons. The first-order chi connectivity index (χ1) is 14.7. The Balaban J connectivity index is 1.67. The van der Waals surface area contributed by atoms with Crippen LogP contribution in [0, 0.1) is 28.6 Å². The summed E-state index contributed by atoms with van der Waals surface area (Å²) in [4.78, 5) is 37.0. The maximum absolute atomic E-state index is 12.8. The van der Waals surface area contributed by atoms with Gasteiger partial charge in [0.05, 0.1) is 0 Å². The van der Waals surface area contributed by atoms with Gasteiger partial charge in [0.2, 0.25) is 0 Å². The fraction of sp³-hybridized carbons (Fsp3) is 0.808. The Kier molecular flexibility index (Phi) is 6.08. The van der Waals surface area contributed by atoms with Crippen molar-refractivity contribution in [3.8, 4) is 0 Å². The molecule has 3 unspecified atom stereocenters. The standard InChI is InChI=1S/C26H38O5/c1-5-6-7-23(29)31-21-15-17-14-18(30-16(2)27)10-12-25(17,3)20-11-13-26(4)19(24(20)21)8-9-22(26)28/h15,18-21,24H,5-14H2,1-4H3/t18-,19?,20?,21+,24?,25-,26-/m0/s1. The van der Waals surface area contributed by atoms with Gasteiger partial charge >= 0.3 is 11.9 Å².